The highest BCUT2D eigenvalue weighted by Crippen LogP contribution is 2.20. The molecule has 0 bridgehead atoms. The van der Waals surface area contributed by atoms with E-state index < -0.39 is 6.04 Å². The zero-order chi connectivity index (χ0) is 13.5. The van der Waals surface area contributed by atoms with Crippen LogP contribution in [-0.2, 0) is 6.42 Å². The molecule has 0 saturated carbocycles. The summed E-state index contributed by atoms with van der Waals surface area (Å²) in [6, 6.07) is -0.405. The van der Waals surface area contributed by atoms with Gasteiger partial charge in [0.25, 0.3) is 0 Å². The van der Waals surface area contributed by atoms with Crippen LogP contribution in [0.15, 0.2) is 0 Å². The number of aromatic nitrogens is 2. The fourth-order valence-corrected chi connectivity index (χ4v) is 1.54. The van der Waals surface area contributed by atoms with E-state index in [-0.39, 0.29) is 13.2 Å². The van der Waals surface area contributed by atoms with Gasteiger partial charge in [0.05, 0.1) is 19.3 Å². The Morgan fingerprint density at radius 2 is 1.72 bits per heavy atom. The smallest absolute Gasteiger partial charge is 0.135 e. The zero-order valence-corrected chi connectivity index (χ0v) is 11.2. The Kier molecular flexibility index (Phi) is 5.80. The average molecular weight is 254 g/mol. The highest BCUT2D eigenvalue weighted by atomic mass is 16.3. The molecule has 0 amide bonds. The van der Waals surface area contributed by atoms with Crippen molar-refractivity contribution in [2.24, 2.45) is 0 Å². The predicted molar refractivity (Wildman–Crippen MR) is 71.9 cm³/mol. The first kappa shape index (κ1) is 14.7. The van der Waals surface area contributed by atoms with Crippen LogP contribution >= 0.6 is 0 Å². The van der Waals surface area contributed by atoms with Gasteiger partial charge >= 0.3 is 0 Å². The molecule has 102 valence electrons. The third-order valence-corrected chi connectivity index (χ3v) is 2.63. The van der Waals surface area contributed by atoms with Crippen molar-refractivity contribution in [2.75, 3.05) is 30.4 Å². The number of hydrogen-bond donors (Lipinski definition) is 4. The molecule has 1 aromatic heterocycles. The Morgan fingerprint density at radius 1 is 1.11 bits per heavy atom. The van der Waals surface area contributed by atoms with Crippen LogP contribution in [0.5, 0.6) is 0 Å². The number of nitrogens with zero attached hydrogens (tertiary/aromatic N) is 2. The van der Waals surface area contributed by atoms with E-state index in [1.165, 1.54) is 0 Å². The molecular weight excluding hydrogens is 232 g/mol. The summed E-state index contributed by atoms with van der Waals surface area (Å²) in [5.41, 5.74) is 0.890. The van der Waals surface area contributed by atoms with Crippen LogP contribution in [0.25, 0.3) is 0 Å². The largest absolute Gasteiger partial charge is 0.394 e. The average Bonchev–Trinajstić information content (AvgIpc) is 2.39. The highest BCUT2D eigenvalue weighted by Gasteiger charge is 2.13. The number of aryl methyl sites for hydroxylation is 1. The number of rotatable bonds is 7. The Balaban J connectivity index is 3.04. The van der Waals surface area contributed by atoms with Crippen molar-refractivity contribution in [2.45, 2.75) is 33.2 Å². The Hall–Kier alpha value is -1.40. The first-order chi connectivity index (χ1) is 8.65. The van der Waals surface area contributed by atoms with E-state index in [2.05, 4.69) is 20.6 Å². The summed E-state index contributed by atoms with van der Waals surface area (Å²) in [5.74, 6) is 2.18. The van der Waals surface area contributed by atoms with Crippen LogP contribution in [0.4, 0.5) is 11.6 Å². The molecule has 0 aliphatic carbocycles. The molecule has 0 radical (unpaired) electrons. The van der Waals surface area contributed by atoms with E-state index in [0.29, 0.717) is 5.82 Å². The molecule has 1 aromatic rings. The third kappa shape index (κ3) is 3.54. The van der Waals surface area contributed by atoms with E-state index >= 15 is 0 Å². The van der Waals surface area contributed by atoms with Gasteiger partial charge in [-0.1, -0.05) is 6.92 Å². The molecule has 1 rings (SSSR count). The van der Waals surface area contributed by atoms with Crippen molar-refractivity contribution in [3.05, 3.63) is 11.4 Å². The van der Waals surface area contributed by atoms with E-state index in [4.69, 9.17) is 10.2 Å². The molecule has 0 aromatic carbocycles. The molecule has 4 N–H and O–H groups in total. The molecule has 0 atom stereocenters. The van der Waals surface area contributed by atoms with E-state index in [9.17, 15) is 0 Å². The normalized spacial score (nSPS) is 10.8. The number of nitrogens with one attached hydrogen (secondary N) is 2. The van der Waals surface area contributed by atoms with Gasteiger partial charge in [-0.05, 0) is 13.8 Å². The number of aliphatic hydroxyl groups excluding tert-OH is 2. The van der Waals surface area contributed by atoms with Crippen molar-refractivity contribution in [3.63, 3.8) is 0 Å². The summed E-state index contributed by atoms with van der Waals surface area (Å²) in [6.45, 7) is 6.40. The first-order valence-corrected chi connectivity index (χ1v) is 6.25. The van der Waals surface area contributed by atoms with Gasteiger partial charge in [-0.25, -0.2) is 9.97 Å². The van der Waals surface area contributed by atoms with Gasteiger partial charge in [0, 0.05) is 18.5 Å². The summed E-state index contributed by atoms with van der Waals surface area (Å²) < 4.78 is 0. The summed E-state index contributed by atoms with van der Waals surface area (Å²) in [7, 11) is 0. The van der Waals surface area contributed by atoms with Crippen LogP contribution in [0.3, 0.4) is 0 Å². The van der Waals surface area contributed by atoms with E-state index in [1.54, 1.807) is 0 Å². The molecule has 0 fully saturated rings. The molecule has 0 spiro atoms. The van der Waals surface area contributed by atoms with Crippen molar-refractivity contribution >= 4 is 11.6 Å². The summed E-state index contributed by atoms with van der Waals surface area (Å²) in [5, 5.41) is 24.4. The molecule has 0 unspecified atom stereocenters. The van der Waals surface area contributed by atoms with Crippen LogP contribution in [-0.4, -0.2) is 46.0 Å². The first-order valence-electron chi connectivity index (χ1n) is 6.25. The maximum atomic E-state index is 9.10. The van der Waals surface area contributed by atoms with Gasteiger partial charge in [0.2, 0.25) is 0 Å². The minimum atomic E-state index is -0.405. The van der Waals surface area contributed by atoms with Crippen LogP contribution < -0.4 is 10.6 Å². The molecule has 0 aliphatic heterocycles. The quantitative estimate of drug-likeness (QED) is 0.568. The van der Waals surface area contributed by atoms with Crippen molar-refractivity contribution in [1.29, 1.82) is 0 Å². The minimum Gasteiger partial charge on any atom is -0.394 e. The second-order valence-electron chi connectivity index (χ2n) is 4.05. The van der Waals surface area contributed by atoms with Gasteiger partial charge in [-0.2, -0.15) is 0 Å². The molecule has 6 heteroatoms. The minimum absolute atomic E-state index is 0.141. The lowest BCUT2D eigenvalue weighted by atomic mass is 10.2. The van der Waals surface area contributed by atoms with Crippen LogP contribution in [0.2, 0.25) is 0 Å². The summed E-state index contributed by atoms with van der Waals surface area (Å²) >= 11 is 0. The Morgan fingerprint density at radius 3 is 2.22 bits per heavy atom. The lowest BCUT2D eigenvalue weighted by Gasteiger charge is -2.18. The van der Waals surface area contributed by atoms with E-state index in [0.717, 1.165) is 30.2 Å². The molecular formula is C12H22N4O2. The second-order valence-corrected chi connectivity index (χ2v) is 4.05. The Labute approximate surface area is 107 Å². The topological polar surface area (TPSA) is 90.3 Å². The predicted octanol–water partition coefficient (Wildman–Crippen LogP) is 0.544. The SMILES string of the molecule is CCNc1nc(CC)nc(NC(CO)CO)c1C. The molecule has 18 heavy (non-hydrogen) atoms. The third-order valence-electron chi connectivity index (χ3n) is 2.63. The fourth-order valence-electron chi connectivity index (χ4n) is 1.54. The Bertz CT molecular complexity index is 381. The standard InChI is InChI=1S/C12H22N4O2/c1-4-10-15-11(13-5-2)8(3)12(16-10)14-9(6-17)7-18/h9,17-18H,4-7H2,1-3H3,(H2,13,14,15,16). The van der Waals surface area contributed by atoms with Crippen molar-refractivity contribution < 1.29 is 10.2 Å². The monoisotopic (exact) mass is 254 g/mol. The lowest BCUT2D eigenvalue weighted by Crippen LogP contribution is -2.29. The number of anilines is 2. The van der Waals surface area contributed by atoms with Crippen molar-refractivity contribution in [1.82, 2.24) is 9.97 Å². The van der Waals surface area contributed by atoms with Gasteiger partial charge in [0.1, 0.15) is 17.5 Å². The lowest BCUT2D eigenvalue weighted by molar-refractivity contribution is 0.203. The van der Waals surface area contributed by atoms with E-state index in [1.807, 2.05) is 20.8 Å². The van der Waals surface area contributed by atoms with Gasteiger partial charge in [0.15, 0.2) is 0 Å². The molecule has 6 nitrogen and oxygen atoms in total. The molecule has 0 aliphatic rings. The molecule has 1 heterocycles. The second kappa shape index (κ2) is 7.13. The fraction of sp³-hybridized carbons (Fsp3) is 0.667. The van der Waals surface area contributed by atoms with Crippen LogP contribution in [0.1, 0.15) is 25.2 Å². The molecule has 0 saturated heterocycles. The highest BCUT2D eigenvalue weighted by molar-refractivity contribution is 5.57. The summed E-state index contributed by atoms with van der Waals surface area (Å²) in [6.07, 6.45) is 0.732. The number of hydrogen-bond acceptors (Lipinski definition) is 6. The van der Waals surface area contributed by atoms with Crippen LogP contribution in [0, 0.1) is 6.92 Å². The zero-order valence-electron chi connectivity index (χ0n) is 11.2. The van der Waals surface area contributed by atoms with Gasteiger partial charge < -0.3 is 20.8 Å². The van der Waals surface area contributed by atoms with Crippen molar-refractivity contribution in [3.8, 4) is 0 Å². The summed E-state index contributed by atoms with van der Waals surface area (Å²) in [4.78, 5) is 8.80. The number of aliphatic hydroxyl groups is 2. The van der Waals surface area contributed by atoms with Gasteiger partial charge in [-0.15, -0.1) is 0 Å². The van der Waals surface area contributed by atoms with Gasteiger partial charge in [-0.3, -0.25) is 0 Å². The maximum absolute atomic E-state index is 9.10. The maximum Gasteiger partial charge on any atom is 0.135 e.